The fourth-order valence-electron chi connectivity index (χ4n) is 2.87. The van der Waals surface area contributed by atoms with Crippen LogP contribution in [0.2, 0.25) is 5.15 Å². The largest absolute Gasteiger partial charge is 0.228 e. The van der Waals surface area contributed by atoms with Gasteiger partial charge in [0.25, 0.3) is 0 Å². The predicted molar refractivity (Wildman–Crippen MR) is 106 cm³/mol. The quantitative estimate of drug-likeness (QED) is 0.603. The molecule has 3 aromatic rings. The molecule has 0 saturated heterocycles. The van der Waals surface area contributed by atoms with Crippen molar-refractivity contribution in [2.24, 2.45) is 0 Å². The van der Waals surface area contributed by atoms with E-state index in [1.54, 1.807) is 11.6 Å². The number of halogens is 1. The highest BCUT2D eigenvalue weighted by molar-refractivity contribution is 7.90. The molecule has 0 bridgehead atoms. The van der Waals surface area contributed by atoms with E-state index in [0.29, 0.717) is 22.8 Å². The van der Waals surface area contributed by atoms with E-state index in [9.17, 15) is 8.42 Å². The maximum absolute atomic E-state index is 12.5. The van der Waals surface area contributed by atoms with Gasteiger partial charge in [-0.25, -0.2) is 13.1 Å². The van der Waals surface area contributed by atoms with Crippen LogP contribution in [0.15, 0.2) is 60.7 Å². The molecule has 1 heterocycles. The van der Waals surface area contributed by atoms with Gasteiger partial charge in [-0.15, -0.1) is 0 Å². The minimum absolute atomic E-state index is 0.0840. The minimum atomic E-state index is -3.26. The van der Waals surface area contributed by atoms with E-state index >= 15 is 0 Å². The monoisotopic (exact) mass is 388 g/mol. The third-order valence-electron chi connectivity index (χ3n) is 4.25. The fraction of sp³-hybridized carbons (Fsp3) is 0.250. The van der Waals surface area contributed by atoms with E-state index in [1.165, 1.54) is 0 Å². The van der Waals surface area contributed by atoms with Gasteiger partial charge >= 0.3 is 0 Å². The van der Waals surface area contributed by atoms with E-state index in [2.05, 4.69) is 5.10 Å². The van der Waals surface area contributed by atoms with Gasteiger partial charge in [-0.1, -0.05) is 60.1 Å². The molecule has 0 atom stereocenters. The Morgan fingerprint density at radius 1 is 1.00 bits per heavy atom. The Balaban J connectivity index is 1.70. The molecule has 26 heavy (non-hydrogen) atoms. The van der Waals surface area contributed by atoms with Crippen LogP contribution in [0.5, 0.6) is 0 Å². The van der Waals surface area contributed by atoms with Gasteiger partial charge in [0.2, 0.25) is 0 Å². The standard InChI is InChI=1S/C20H21ClN2O2S/c1-16-19(20(21)23(22-16)18-12-6-3-7-13-18)15-26(24,25)14-8-11-17-9-4-2-5-10-17/h2-7,9-10,12-13H,8,11,14-15H2,1H3. The molecule has 0 aliphatic heterocycles. The van der Waals surface area contributed by atoms with Crippen LogP contribution >= 0.6 is 11.6 Å². The van der Waals surface area contributed by atoms with Crippen LogP contribution in [-0.4, -0.2) is 24.0 Å². The summed E-state index contributed by atoms with van der Waals surface area (Å²) in [6.07, 6.45) is 1.34. The summed E-state index contributed by atoms with van der Waals surface area (Å²) < 4.78 is 26.7. The number of rotatable bonds is 7. The first kappa shape index (κ1) is 18.7. The van der Waals surface area contributed by atoms with Gasteiger partial charge in [0.15, 0.2) is 9.84 Å². The first-order valence-electron chi connectivity index (χ1n) is 8.50. The lowest BCUT2D eigenvalue weighted by Crippen LogP contribution is -2.11. The highest BCUT2D eigenvalue weighted by atomic mass is 35.5. The van der Waals surface area contributed by atoms with Crippen molar-refractivity contribution in [2.45, 2.75) is 25.5 Å². The summed E-state index contributed by atoms with van der Waals surface area (Å²) >= 11 is 6.44. The first-order valence-corrected chi connectivity index (χ1v) is 10.7. The smallest absolute Gasteiger partial charge is 0.154 e. The molecule has 0 unspecified atom stereocenters. The lowest BCUT2D eigenvalue weighted by atomic mass is 10.1. The second-order valence-corrected chi connectivity index (χ2v) is 8.83. The van der Waals surface area contributed by atoms with Crippen LogP contribution in [0.25, 0.3) is 5.69 Å². The minimum Gasteiger partial charge on any atom is -0.228 e. The lowest BCUT2D eigenvalue weighted by Gasteiger charge is -2.06. The maximum Gasteiger partial charge on any atom is 0.154 e. The van der Waals surface area contributed by atoms with Crippen molar-refractivity contribution in [3.8, 4) is 5.69 Å². The number of hydrogen-bond acceptors (Lipinski definition) is 3. The summed E-state index contributed by atoms with van der Waals surface area (Å²) in [5.41, 5.74) is 3.18. The number of sulfone groups is 1. The van der Waals surface area contributed by atoms with Gasteiger partial charge in [-0.05, 0) is 37.5 Å². The molecule has 0 aliphatic rings. The number of nitrogens with zero attached hydrogens (tertiary/aromatic N) is 2. The molecule has 1 aromatic heterocycles. The van der Waals surface area contributed by atoms with E-state index < -0.39 is 9.84 Å². The van der Waals surface area contributed by atoms with Crippen molar-refractivity contribution in [2.75, 3.05) is 5.75 Å². The number of aromatic nitrogens is 2. The molecule has 136 valence electrons. The maximum atomic E-state index is 12.5. The van der Waals surface area contributed by atoms with Gasteiger partial charge < -0.3 is 0 Å². The summed E-state index contributed by atoms with van der Waals surface area (Å²) in [7, 11) is -3.26. The van der Waals surface area contributed by atoms with E-state index in [0.717, 1.165) is 17.7 Å². The molecule has 0 N–H and O–H groups in total. The van der Waals surface area contributed by atoms with Crippen LogP contribution < -0.4 is 0 Å². The molecule has 0 aliphatic carbocycles. The molecule has 6 heteroatoms. The third-order valence-corrected chi connectivity index (χ3v) is 6.28. The lowest BCUT2D eigenvalue weighted by molar-refractivity contribution is 0.592. The highest BCUT2D eigenvalue weighted by Crippen LogP contribution is 2.25. The summed E-state index contributed by atoms with van der Waals surface area (Å²) in [4.78, 5) is 0. The Morgan fingerprint density at radius 2 is 1.62 bits per heavy atom. The third kappa shape index (κ3) is 4.54. The van der Waals surface area contributed by atoms with Crippen molar-refractivity contribution in [1.82, 2.24) is 9.78 Å². The molecule has 0 saturated carbocycles. The van der Waals surface area contributed by atoms with E-state index in [1.807, 2.05) is 60.7 Å². The molecular weight excluding hydrogens is 368 g/mol. The molecule has 3 rings (SSSR count). The van der Waals surface area contributed by atoms with Gasteiger partial charge in [0, 0.05) is 5.56 Å². The van der Waals surface area contributed by atoms with Crippen LogP contribution in [-0.2, 0) is 22.0 Å². The number of para-hydroxylation sites is 1. The van der Waals surface area contributed by atoms with Crippen molar-refractivity contribution >= 4 is 21.4 Å². The molecule has 2 aromatic carbocycles. The molecule has 0 radical (unpaired) electrons. The highest BCUT2D eigenvalue weighted by Gasteiger charge is 2.21. The predicted octanol–water partition coefficient (Wildman–Crippen LogP) is 4.38. The Bertz CT molecular complexity index is 968. The van der Waals surface area contributed by atoms with Gasteiger partial charge in [0.1, 0.15) is 5.15 Å². The topological polar surface area (TPSA) is 52.0 Å². The zero-order valence-corrected chi connectivity index (χ0v) is 16.2. The van der Waals surface area contributed by atoms with Crippen LogP contribution in [0.3, 0.4) is 0 Å². The van der Waals surface area contributed by atoms with Crippen molar-refractivity contribution in [3.05, 3.63) is 82.6 Å². The van der Waals surface area contributed by atoms with Gasteiger partial charge in [-0.3, -0.25) is 0 Å². The normalized spacial score (nSPS) is 11.6. The Kier molecular flexibility index (Phi) is 5.79. The number of hydrogen-bond donors (Lipinski definition) is 0. The summed E-state index contributed by atoms with van der Waals surface area (Å²) in [6, 6.07) is 19.4. The molecule has 0 fully saturated rings. The molecule has 4 nitrogen and oxygen atoms in total. The second kappa shape index (κ2) is 8.06. The number of aryl methyl sites for hydroxylation is 2. The molecule has 0 amide bonds. The Hall–Kier alpha value is -2.11. The average Bonchev–Trinajstić information content (AvgIpc) is 2.91. The summed E-state index contributed by atoms with van der Waals surface area (Å²) in [6.45, 7) is 1.79. The molecular formula is C20H21ClN2O2S. The first-order chi connectivity index (χ1) is 12.5. The Morgan fingerprint density at radius 3 is 2.27 bits per heavy atom. The average molecular weight is 389 g/mol. The van der Waals surface area contributed by atoms with Crippen LogP contribution in [0, 0.1) is 6.92 Å². The van der Waals surface area contributed by atoms with E-state index in [-0.39, 0.29) is 11.5 Å². The van der Waals surface area contributed by atoms with Crippen molar-refractivity contribution in [1.29, 1.82) is 0 Å². The van der Waals surface area contributed by atoms with Crippen LogP contribution in [0.1, 0.15) is 23.2 Å². The van der Waals surface area contributed by atoms with E-state index in [4.69, 9.17) is 11.6 Å². The van der Waals surface area contributed by atoms with Crippen LogP contribution in [0.4, 0.5) is 0 Å². The number of benzene rings is 2. The van der Waals surface area contributed by atoms with Crippen molar-refractivity contribution in [3.63, 3.8) is 0 Å². The van der Waals surface area contributed by atoms with Gasteiger partial charge in [0.05, 0.1) is 22.9 Å². The van der Waals surface area contributed by atoms with Gasteiger partial charge in [-0.2, -0.15) is 5.10 Å². The van der Waals surface area contributed by atoms with Crippen molar-refractivity contribution < 1.29 is 8.42 Å². The SMILES string of the molecule is Cc1nn(-c2ccccc2)c(Cl)c1CS(=O)(=O)CCCc1ccccc1. The summed E-state index contributed by atoms with van der Waals surface area (Å²) in [5, 5.41) is 4.77. The zero-order valence-electron chi connectivity index (χ0n) is 14.6. The summed E-state index contributed by atoms with van der Waals surface area (Å²) in [5.74, 6) is 0.0491. The zero-order chi connectivity index (χ0) is 18.6. The molecule has 0 spiro atoms. The second-order valence-electron chi connectivity index (χ2n) is 6.28. The Labute approximate surface area is 159 Å². The fourth-order valence-corrected chi connectivity index (χ4v) is 4.80.